The highest BCUT2D eigenvalue weighted by molar-refractivity contribution is 5.90. The number of benzene rings is 1. The minimum Gasteiger partial charge on any atom is -0.489 e. The number of nitrogens with one attached hydrogen (secondary N) is 2. The van der Waals surface area contributed by atoms with Crippen molar-refractivity contribution >= 4 is 11.7 Å². The number of para-hydroxylation sites is 2. The van der Waals surface area contributed by atoms with E-state index in [0.717, 1.165) is 25.7 Å². The van der Waals surface area contributed by atoms with Gasteiger partial charge in [0.2, 0.25) is 0 Å². The van der Waals surface area contributed by atoms with Gasteiger partial charge in [0.05, 0.1) is 17.9 Å². The number of carbonyl (C=O) groups excluding carboxylic acids is 1. The Morgan fingerprint density at radius 1 is 1.36 bits per heavy atom. The van der Waals surface area contributed by atoms with Gasteiger partial charge in [-0.2, -0.15) is 0 Å². The van der Waals surface area contributed by atoms with Crippen LogP contribution >= 0.6 is 0 Å². The van der Waals surface area contributed by atoms with Gasteiger partial charge in [0, 0.05) is 6.54 Å². The SMILES string of the molecule is CC(C)Oc1ccccc1NC(=O)NCC1CCCC(O)C1. The fourth-order valence-electron chi connectivity index (χ4n) is 2.78. The van der Waals surface area contributed by atoms with Crippen LogP contribution in [0.5, 0.6) is 5.75 Å². The second-order valence-electron chi connectivity index (χ2n) is 6.18. The van der Waals surface area contributed by atoms with Crippen LogP contribution < -0.4 is 15.4 Å². The van der Waals surface area contributed by atoms with Crippen molar-refractivity contribution in [3.63, 3.8) is 0 Å². The first-order chi connectivity index (χ1) is 10.5. The van der Waals surface area contributed by atoms with E-state index < -0.39 is 0 Å². The number of hydrogen-bond donors (Lipinski definition) is 3. The standard InChI is InChI=1S/C17H26N2O3/c1-12(2)22-16-9-4-3-8-15(16)19-17(21)18-11-13-6-5-7-14(20)10-13/h3-4,8-9,12-14,20H,5-7,10-11H2,1-2H3,(H2,18,19,21). The normalized spacial score (nSPS) is 21.5. The van der Waals surface area contributed by atoms with E-state index in [0.29, 0.717) is 23.9 Å². The number of aliphatic hydroxyl groups is 1. The van der Waals surface area contributed by atoms with Crippen molar-refractivity contribution < 1.29 is 14.6 Å². The number of carbonyl (C=O) groups is 1. The molecule has 5 nitrogen and oxygen atoms in total. The Labute approximate surface area is 132 Å². The highest BCUT2D eigenvalue weighted by Crippen LogP contribution is 2.25. The van der Waals surface area contributed by atoms with E-state index in [1.807, 2.05) is 38.1 Å². The van der Waals surface area contributed by atoms with Crippen molar-refractivity contribution in [1.82, 2.24) is 5.32 Å². The molecule has 0 aliphatic heterocycles. The maximum absolute atomic E-state index is 12.0. The summed E-state index contributed by atoms with van der Waals surface area (Å²) in [6.45, 7) is 4.49. The summed E-state index contributed by atoms with van der Waals surface area (Å²) < 4.78 is 5.68. The lowest BCUT2D eigenvalue weighted by Crippen LogP contribution is -2.35. The Morgan fingerprint density at radius 3 is 2.86 bits per heavy atom. The summed E-state index contributed by atoms with van der Waals surface area (Å²) >= 11 is 0. The van der Waals surface area contributed by atoms with Crippen molar-refractivity contribution in [2.75, 3.05) is 11.9 Å². The summed E-state index contributed by atoms with van der Waals surface area (Å²) in [5.41, 5.74) is 0.664. The average molecular weight is 306 g/mol. The van der Waals surface area contributed by atoms with Gasteiger partial charge in [-0.1, -0.05) is 18.6 Å². The number of urea groups is 1. The predicted octanol–water partition coefficient (Wildman–Crippen LogP) is 3.15. The molecule has 0 saturated heterocycles. The number of aliphatic hydroxyl groups excluding tert-OH is 1. The Balaban J connectivity index is 1.84. The molecule has 0 aromatic heterocycles. The Hall–Kier alpha value is -1.75. The Bertz CT molecular complexity index is 491. The van der Waals surface area contributed by atoms with Crippen molar-refractivity contribution in [3.8, 4) is 5.75 Å². The molecular formula is C17H26N2O3. The van der Waals surface area contributed by atoms with Crippen LogP contribution in [-0.2, 0) is 0 Å². The van der Waals surface area contributed by atoms with Crippen LogP contribution in [0.25, 0.3) is 0 Å². The summed E-state index contributed by atoms with van der Waals surface area (Å²) in [5, 5.41) is 15.4. The van der Waals surface area contributed by atoms with E-state index in [9.17, 15) is 9.90 Å². The molecule has 1 aromatic rings. The van der Waals surface area contributed by atoms with Gasteiger partial charge in [-0.15, -0.1) is 0 Å². The molecule has 2 amide bonds. The third kappa shape index (κ3) is 5.22. The lowest BCUT2D eigenvalue weighted by atomic mass is 9.87. The van der Waals surface area contributed by atoms with Gasteiger partial charge in [0.15, 0.2) is 0 Å². The molecule has 122 valence electrons. The molecule has 1 aliphatic carbocycles. The summed E-state index contributed by atoms with van der Waals surface area (Å²) in [6, 6.07) is 7.17. The van der Waals surface area contributed by atoms with Crippen molar-refractivity contribution in [2.24, 2.45) is 5.92 Å². The van der Waals surface area contributed by atoms with E-state index in [2.05, 4.69) is 10.6 Å². The van der Waals surface area contributed by atoms with Gasteiger partial charge in [-0.05, 0) is 51.2 Å². The lowest BCUT2D eigenvalue weighted by molar-refractivity contribution is 0.101. The van der Waals surface area contributed by atoms with Crippen LogP contribution in [0.3, 0.4) is 0 Å². The molecule has 3 N–H and O–H groups in total. The minimum absolute atomic E-state index is 0.0507. The fraction of sp³-hybridized carbons (Fsp3) is 0.588. The molecule has 0 heterocycles. The molecule has 0 radical (unpaired) electrons. The summed E-state index contributed by atoms with van der Waals surface area (Å²) in [5.74, 6) is 1.03. The molecule has 1 saturated carbocycles. The zero-order chi connectivity index (χ0) is 15.9. The number of anilines is 1. The number of hydrogen-bond acceptors (Lipinski definition) is 3. The summed E-state index contributed by atoms with van der Waals surface area (Å²) in [4.78, 5) is 12.0. The van der Waals surface area contributed by atoms with Crippen LogP contribution in [0, 0.1) is 5.92 Å². The smallest absolute Gasteiger partial charge is 0.319 e. The largest absolute Gasteiger partial charge is 0.489 e. The first-order valence-corrected chi connectivity index (χ1v) is 8.03. The second kappa shape index (κ2) is 8.03. The summed E-state index contributed by atoms with van der Waals surface area (Å²) in [7, 11) is 0. The van der Waals surface area contributed by atoms with Gasteiger partial charge in [0.25, 0.3) is 0 Å². The van der Waals surface area contributed by atoms with E-state index in [1.165, 1.54) is 0 Å². The Morgan fingerprint density at radius 2 is 2.14 bits per heavy atom. The molecular weight excluding hydrogens is 280 g/mol. The van der Waals surface area contributed by atoms with E-state index in [4.69, 9.17) is 4.74 Å². The quantitative estimate of drug-likeness (QED) is 0.782. The van der Waals surface area contributed by atoms with Crippen LogP contribution in [-0.4, -0.2) is 29.9 Å². The molecule has 2 atom stereocenters. The fourth-order valence-corrected chi connectivity index (χ4v) is 2.78. The molecule has 2 rings (SSSR count). The third-order valence-corrected chi connectivity index (χ3v) is 3.80. The van der Waals surface area contributed by atoms with Gasteiger partial charge >= 0.3 is 6.03 Å². The maximum Gasteiger partial charge on any atom is 0.319 e. The first kappa shape index (κ1) is 16.6. The molecule has 5 heteroatoms. The molecule has 1 aromatic carbocycles. The highest BCUT2D eigenvalue weighted by atomic mass is 16.5. The van der Waals surface area contributed by atoms with Gasteiger partial charge in [-0.25, -0.2) is 4.79 Å². The van der Waals surface area contributed by atoms with Crippen molar-refractivity contribution in [2.45, 2.75) is 51.7 Å². The zero-order valence-corrected chi connectivity index (χ0v) is 13.3. The molecule has 0 bridgehead atoms. The molecule has 22 heavy (non-hydrogen) atoms. The molecule has 0 spiro atoms. The van der Waals surface area contributed by atoms with Crippen LogP contribution in [0.2, 0.25) is 0 Å². The van der Waals surface area contributed by atoms with Crippen LogP contribution in [0.4, 0.5) is 10.5 Å². The van der Waals surface area contributed by atoms with E-state index >= 15 is 0 Å². The van der Waals surface area contributed by atoms with Crippen molar-refractivity contribution in [1.29, 1.82) is 0 Å². The zero-order valence-electron chi connectivity index (χ0n) is 13.3. The number of rotatable bonds is 5. The van der Waals surface area contributed by atoms with Gasteiger partial charge in [0.1, 0.15) is 5.75 Å². The second-order valence-corrected chi connectivity index (χ2v) is 6.18. The molecule has 1 fully saturated rings. The predicted molar refractivity (Wildman–Crippen MR) is 87.2 cm³/mol. The van der Waals surface area contributed by atoms with Crippen LogP contribution in [0.15, 0.2) is 24.3 Å². The maximum atomic E-state index is 12.0. The minimum atomic E-state index is -0.236. The molecule has 1 aliphatic rings. The van der Waals surface area contributed by atoms with Gasteiger partial charge < -0.3 is 20.5 Å². The molecule has 2 unspecified atom stereocenters. The topological polar surface area (TPSA) is 70.6 Å². The van der Waals surface area contributed by atoms with Crippen LogP contribution in [0.1, 0.15) is 39.5 Å². The number of ether oxygens (including phenoxy) is 1. The average Bonchev–Trinajstić information content (AvgIpc) is 2.47. The highest BCUT2D eigenvalue weighted by Gasteiger charge is 2.20. The van der Waals surface area contributed by atoms with E-state index in [-0.39, 0.29) is 18.2 Å². The number of amides is 2. The first-order valence-electron chi connectivity index (χ1n) is 8.03. The third-order valence-electron chi connectivity index (χ3n) is 3.80. The summed E-state index contributed by atoms with van der Waals surface area (Å²) in [6.07, 6.45) is 3.57. The van der Waals surface area contributed by atoms with Crippen molar-refractivity contribution in [3.05, 3.63) is 24.3 Å². The van der Waals surface area contributed by atoms with Gasteiger partial charge in [-0.3, -0.25) is 0 Å². The Kier molecular flexibility index (Phi) is 6.07. The monoisotopic (exact) mass is 306 g/mol. The van der Waals surface area contributed by atoms with E-state index in [1.54, 1.807) is 0 Å². The lowest BCUT2D eigenvalue weighted by Gasteiger charge is -2.26.